The van der Waals surface area contributed by atoms with Gasteiger partial charge in [-0.3, -0.25) is 0 Å². The van der Waals surface area contributed by atoms with E-state index in [-0.39, 0.29) is 0 Å². The van der Waals surface area contributed by atoms with E-state index in [1.165, 1.54) is 11.8 Å². The monoisotopic (exact) mass is 256 g/mol. The molecule has 0 spiro atoms. The van der Waals surface area contributed by atoms with Crippen molar-refractivity contribution in [2.45, 2.75) is 17.8 Å². The first-order valence-electron chi connectivity index (χ1n) is 4.44. The molecule has 2 rings (SSSR count). The van der Waals surface area contributed by atoms with Crippen molar-refractivity contribution in [3.63, 3.8) is 0 Å². The van der Waals surface area contributed by atoms with Crippen molar-refractivity contribution in [2.24, 2.45) is 0 Å². The van der Waals surface area contributed by atoms with Gasteiger partial charge in [0, 0.05) is 5.69 Å². The Labute approximate surface area is 101 Å². The molecule has 2 heterocycles. The average Bonchev–Trinajstić information content (AvgIpc) is 2.60. The highest BCUT2D eigenvalue weighted by molar-refractivity contribution is 7.98. The Balaban J connectivity index is 2.04. The van der Waals surface area contributed by atoms with Crippen LogP contribution in [-0.2, 0) is 5.75 Å². The van der Waals surface area contributed by atoms with Gasteiger partial charge in [0.2, 0.25) is 11.1 Å². The predicted molar refractivity (Wildman–Crippen MR) is 62.1 cm³/mol. The summed E-state index contributed by atoms with van der Waals surface area (Å²) in [7, 11) is 0. The largest absolute Gasteiger partial charge is 0.368 e. The van der Waals surface area contributed by atoms with Gasteiger partial charge in [0.1, 0.15) is 11.0 Å². The van der Waals surface area contributed by atoms with Gasteiger partial charge >= 0.3 is 0 Å². The number of aromatic nitrogens is 5. The van der Waals surface area contributed by atoms with Gasteiger partial charge in [-0.25, -0.2) is 15.1 Å². The van der Waals surface area contributed by atoms with Crippen LogP contribution in [0.25, 0.3) is 0 Å². The van der Waals surface area contributed by atoms with E-state index >= 15 is 0 Å². The van der Waals surface area contributed by atoms with Gasteiger partial charge in [0.05, 0.1) is 5.75 Å². The molecule has 84 valence electrons. The summed E-state index contributed by atoms with van der Waals surface area (Å²) in [4.78, 5) is 12.3. The number of rotatable bonds is 3. The lowest BCUT2D eigenvalue weighted by molar-refractivity contribution is 0.959. The zero-order valence-corrected chi connectivity index (χ0v) is 10.0. The summed E-state index contributed by atoms with van der Waals surface area (Å²) < 4.78 is 0. The Morgan fingerprint density at radius 2 is 2.25 bits per heavy atom. The number of hydrogen-bond acceptors (Lipinski definition) is 6. The number of aryl methyl sites for hydroxylation is 1. The number of hydrogen-bond donors (Lipinski definition) is 2. The Morgan fingerprint density at radius 1 is 1.44 bits per heavy atom. The van der Waals surface area contributed by atoms with Crippen LogP contribution in [0.1, 0.15) is 11.5 Å². The number of aromatic amines is 1. The molecule has 2 aromatic heterocycles. The summed E-state index contributed by atoms with van der Waals surface area (Å²) in [5.74, 6) is 1.50. The molecule has 0 unspecified atom stereocenters. The van der Waals surface area contributed by atoms with Crippen LogP contribution in [0.3, 0.4) is 0 Å². The third kappa shape index (κ3) is 2.83. The number of nitrogens with zero attached hydrogens (tertiary/aromatic N) is 4. The van der Waals surface area contributed by atoms with E-state index in [0.29, 0.717) is 27.8 Å². The van der Waals surface area contributed by atoms with E-state index in [4.69, 9.17) is 17.3 Å². The van der Waals surface area contributed by atoms with Crippen molar-refractivity contribution < 1.29 is 0 Å². The Kier molecular flexibility index (Phi) is 3.25. The van der Waals surface area contributed by atoms with Crippen LogP contribution in [0.2, 0.25) is 5.15 Å². The zero-order valence-electron chi connectivity index (χ0n) is 8.44. The highest BCUT2D eigenvalue weighted by Gasteiger charge is 2.05. The molecular weight excluding hydrogens is 248 g/mol. The van der Waals surface area contributed by atoms with Crippen molar-refractivity contribution in [3.8, 4) is 0 Å². The molecule has 0 aliphatic rings. The third-order valence-electron chi connectivity index (χ3n) is 1.68. The standard InChI is InChI=1S/C8H9ClN6S/c1-4-2-5(9)12-6(11-4)3-16-8-13-7(10)14-15-8/h2H,3H2,1H3,(H3,10,13,14,15). The van der Waals surface area contributed by atoms with Gasteiger partial charge in [-0.05, 0) is 13.0 Å². The SMILES string of the molecule is Cc1cc(Cl)nc(CSc2n[nH]c(N)n2)n1. The topological polar surface area (TPSA) is 93.4 Å². The molecule has 0 bridgehead atoms. The number of nitrogen functional groups attached to an aromatic ring is 1. The molecule has 0 atom stereocenters. The third-order valence-corrected chi connectivity index (χ3v) is 2.72. The van der Waals surface area contributed by atoms with Crippen LogP contribution in [0.5, 0.6) is 0 Å². The summed E-state index contributed by atoms with van der Waals surface area (Å²) >= 11 is 7.21. The minimum absolute atomic E-state index is 0.297. The van der Waals surface area contributed by atoms with Gasteiger partial charge < -0.3 is 5.73 Å². The maximum atomic E-state index is 5.82. The highest BCUT2D eigenvalue weighted by Crippen LogP contribution is 2.18. The molecule has 0 saturated carbocycles. The number of nitrogens with one attached hydrogen (secondary N) is 1. The van der Waals surface area contributed by atoms with E-state index in [9.17, 15) is 0 Å². The van der Waals surface area contributed by atoms with Crippen molar-refractivity contribution in [1.82, 2.24) is 25.1 Å². The number of halogens is 1. The normalized spacial score (nSPS) is 10.6. The Hall–Kier alpha value is -1.34. The van der Waals surface area contributed by atoms with Crippen molar-refractivity contribution in [3.05, 3.63) is 22.7 Å². The van der Waals surface area contributed by atoms with Crippen molar-refractivity contribution in [2.75, 3.05) is 5.73 Å². The molecule has 0 amide bonds. The maximum absolute atomic E-state index is 5.82. The Bertz CT molecular complexity index is 479. The fourth-order valence-electron chi connectivity index (χ4n) is 1.11. The number of thioether (sulfide) groups is 1. The Morgan fingerprint density at radius 3 is 2.88 bits per heavy atom. The van der Waals surface area contributed by atoms with Crippen LogP contribution in [-0.4, -0.2) is 25.1 Å². The van der Waals surface area contributed by atoms with E-state index in [0.717, 1.165) is 5.69 Å². The molecule has 0 saturated heterocycles. The summed E-state index contributed by atoms with van der Waals surface area (Å²) in [6, 6.07) is 1.71. The minimum atomic E-state index is 0.297. The fourth-order valence-corrected chi connectivity index (χ4v) is 2.02. The summed E-state index contributed by atoms with van der Waals surface area (Å²) in [6.07, 6.45) is 0. The average molecular weight is 257 g/mol. The van der Waals surface area contributed by atoms with Crippen molar-refractivity contribution in [1.29, 1.82) is 0 Å². The van der Waals surface area contributed by atoms with Crippen LogP contribution < -0.4 is 5.73 Å². The van der Waals surface area contributed by atoms with Gasteiger partial charge in [0.15, 0.2) is 0 Å². The quantitative estimate of drug-likeness (QED) is 0.637. The summed E-state index contributed by atoms with van der Waals surface area (Å²) in [5, 5.41) is 7.46. The number of H-pyrrole nitrogens is 1. The second kappa shape index (κ2) is 4.67. The molecule has 0 aromatic carbocycles. The number of nitrogens with two attached hydrogens (primary N) is 1. The smallest absolute Gasteiger partial charge is 0.216 e. The molecule has 0 radical (unpaired) electrons. The van der Waals surface area contributed by atoms with Crippen LogP contribution in [0.15, 0.2) is 11.2 Å². The molecule has 3 N–H and O–H groups in total. The van der Waals surface area contributed by atoms with E-state index in [1.54, 1.807) is 6.07 Å². The lowest BCUT2D eigenvalue weighted by Gasteiger charge is -1.99. The van der Waals surface area contributed by atoms with Crippen LogP contribution >= 0.6 is 23.4 Å². The highest BCUT2D eigenvalue weighted by atomic mass is 35.5. The molecule has 0 aliphatic carbocycles. The second-order valence-corrected chi connectivity index (χ2v) is 4.37. The lowest BCUT2D eigenvalue weighted by Crippen LogP contribution is -1.95. The van der Waals surface area contributed by atoms with Gasteiger partial charge in [-0.15, -0.1) is 5.10 Å². The summed E-state index contributed by atoms with van der Waals surface area (Å²) in [6.45, 7) is 1.87. The molecule has 0 fully saturated rings. The first-order valence-corrected chi connectivity index (χ1v) is 5.80. The molecular formula is C8H9ClN6S. The molecule has 6 nitrogen and oxygen atoms in total. The van der Waals surface area contributed by atoms with Crippen LogP contribution in [0.4, 0.5) is 5.95 Å². The molecule has 16 heavy (non-hydrogen) atoms. The van der Waals surface area contributed by atoms with Crippen molar-refractivity contribution >= 4 is 29.3 Å². The van der Waals surface area contributed by atoms with Gasteiger partial charge in [-0.1, -0.05) is 23.4 Å². The summed E-state index contributed by atoms with van der Waals surface area (Å²) in [5.41, 5.74) is 6.24. The molecule has 8 heteroatoms. The predicted octanol–water partition coefficient (Wildman–Crippen LogP) is 1.43. The maximum Gasteiger partial charge on any atom is 0.216 e. The van der Waals surface area contributed by atoms with E-state index in [2.05, 4.69) is 25.1 Å². The van der Waals surface area contributed by atoms with Gasteiger partial charge in [0.25, 0.3) is 0 Å². The zero-order chi connectivity index (χ0) is 11.5. The van der Waals surface area contributed by atoms with Gasteiger partial charge in [-0.2, -0.15) is 4.98 Å². The van der Waals surface area contributed by atoms with Crippen LogP contribution in [0, 0.1) is 6.92 Å². The first kappa shape index (κ1) is 11.2. The molecule has 0 aliphatic heterocycles. The second-order valence-electron chi connectivity index (χ2n) is 3.04. The number of anilines is 1. The fraction of sp³-hybridized carbons (Fsp3) is 0.250. The molecule has 2 aromatic rings. The van der Waals surface area contributed by atoms with E-state index < -0.39 is 0 Å². The first-order chi connectivity index (χ1) is 7.63. The van der Waals surface area contributed by atoms with E-state index in [1.807, 2.05) is 6.92 Å². The lowest BCUT2D eigenvalue weighted by atomic mass is 10.4. The minimum Gasteiger partial charge on any atom is -0.368 e.